The fourth-order valence-corrected chi connectivity index (χ4v) is 3.70. The molecule has 0 aliphatic heterocycles. The van der Waals surface area contributed by atoms with Crippen molar-refractivity contribution in [3.63, 3.8) is 0 Å². The first-order valence-electron chi connectivity index (χ1n) is 6.43. The zero-order valence-corrected chi connectivity index (χ0v) is 13.5. The first-order chi connectivity index (χ1) is 9.55. The standard InChI is InChI=1S/C14H19F3O3Si/c1-19-11-7-5-10(6-8-11)12(21(2,3)4)9-20-13(18)14(15,16)17/h5-8,12H,9H2,1-4H3. The summed E-state index contributed by atoms with van der Waals surface area (Å²) in [6.45, 7) is 5.79. The molecule has 0 spiro atoms. The van der Waals surface area contributed by atoms with Crippen LogP contribution in [0.4, 0.5) is 13.2 Å². The van der Waals surface area contributed by atoms with E-state index in [4.69, 9.17) is 4.74 Å². The molecule has 1 aromatic rings. The Morgan fingerprint density at radius 1 is 1.19 bits per heavy atom. The molecule has 1 rings (SSSR count). The zero-order valence-electron chi connectivity index (χ0n) is 12.5. The van der Waals surface area contributed by atoms with Crippen molar-refractivity contribution in [2.75, 3.05) is 13.7 Å². The van der Waals surface area contributed by atoms with Crippen LogP contribution in [0.2, 0.25) is 19.6 Å². The van der Waals surface area contributed by atoms with Gasteiger partial charge in [-0.05, 0) is 17.7 Å². The number of carbonyl (C=O) groups is 1. The number of hydrogen-bond donors (Lipinski definition) is 0. The van der Waals surface area contributed by atoms with Crippen LogP contribution in [0.1, 0.15) is 11.1 Å². The van der Waals surface area contributed by atoms with Gasteiger partial charge in [-0.15, -0.1) is 0 Å². The van der Waals surface area contributed by atoms with Crippen LogP contribution in [-0.2, 0) is 9.53 Å². The summed E-state index contributed by atoms with van der Waals surface area (Å²) in [4.78, 5) is 10.9. The highest BCUT2D eigenvalue weighted by Crippen LogP contribution is 2.29. The van der Waals surface area contributed by atoms with E-state index >= 15 is 0 Å². The molecule has 0 aromatic heterocycles. The molecule has 0 saturated heterocycles. The monoisotopic (exact) mass is 320 g/mol. The van der Waals surface area contributed by atoms with Crippen LogP contribution >= 0.6 is 0 Å². The molecule has 7 heteroatoms. The molecule has 0 aliphatic carbocycles. The van der Waals surface area contributed by atoms with E-state index in [-0.39, 0.29) is 12.1 Å². The van der Waals surface area contributed by atoms with E-state index in [0.29, 0.717) is 5.75 Å². The molecule has 0 heterocycles. The van der Waals surface area contributed by atoms with E-state index in [0.717, 1.165) is 5.56 Å². The Labute approximate surface area is 123 Å². The predicted molar refractivity (Wildman–Crippen MR) is 76.1 cm³/mol. The molecule has 21 heavy (non-hydrogen) atoms. The molecule has 0 amide bonds. The number of methoxy groups -OCH3 is 1. The number of alkyl halides is 3. The van der Waals surface area contributed by atoms with Crippen molar-refractivity contribution < 1.29 is 27.4 Å². The molecule has 0 aliphatic rings. The Hall–Kier alpha value is -1.50. The van der Waals surface area contributed by atoms with Crippen LogP contribution in [0.25, 0.3) is 0 Å². The lowest BCUT2D eigenvalue weighted by Gasteiger charge is -2.29. The Bertz CT molecular complexity index is 478. The van der Waals surface area contributed by atoms with Gasteiger partial charge in [0.2, 0.25) is 0 Å². The Morgan fingerprint density at radius 2 is 1.71 bits per heavy atom. The molecule has 1 unspecified atom stereocenters. The topological polar surface area (TPSA) is 35.5 Å². The fourth-order valence-electron chi connectivity index (χ4n) is 1.92. The number of esters is 1. The van der Waals surface area contributed by atoms with E-state index in [1.807, 2.05) is 19.6 Å². The molecule has 118 valence electrons. The van der Waals surface area contributed by atoms with Crippen molar-refractivity contribution in [2.24, 2.45) is 0 Å². The van der Waals surface area contributed by atoms with Crippen molar-refractivity contribution in [2.45, 2.75) is 31.4 Å². The quantitative estimate of drug-likeness (QED) is 0.612. The van der Waals surface area contributed by atoms with Gasteiger partial charge >= 0.3 is 12.1 Å². The minimum absolute atomic E-state index is 0.213. The van der Waals surface area contributed by atoms with Gasteiger partial charge in [-0.3, -0.25) is 0 Å². The first-order valence-corrected chi connectivity index (χ1v) is 10.0. The molecular weight excluding hydrogens is 301 g/mol. The van der Waals surface area contributed by atoms with E-state index < -0.39 is 20.2 Å². The highest BCUT2D eigenvalue weighted by molar-refractivity contribution is 6.77. The summed E-state index contributed by atoms with van der Waals surface area (Å²) in [5.74, 6) is -1.47. The lowest BCUT2D eigenvalue weighted by Crippen LogP contribution is -2.36. The number of rotatable bonds is 5. The molecule has 0 N–H and O–H groups in total. The first kappa shape index (κ1) is 17.5. The Balaban J connectivity index is 2.89. The van der Waals surface area contributed by atoms with E-state index in [2.05, 4.69) is 4.74 Å². The van der Waals surface area contributed by atoms with Gasteiger partial charge < -0.3 is 9.47 Å². The molecular formula is C14H19F3O3Si. The molecule has 0 fully saturated rings. The molecule has 0 radical (unpaired) electrons. The average Bonchev–Trinajstić information content (AvgIpc) is 2.36. The van der Waals surface area contributed by atoms with Crippen LogP contribution in [0.3, 0.4) is 0 Å². The van der Waals surface area contributed by atoms with Crippen LogP contribution < -0.4 is 4.74 Å². The molecule has 3 nitrogen and oxygen atoms in total. The minimum atomic E-state index is -4.95. The lowest BCUT2D eigenvalue weighted by molar-refractivity contribution is -0.199. The summed E-state index contributed by atoms with van der Waals surface area (Å²) in [5, 5.41) is 0. The summed E-state index contributed by atoms with van der Waals surface area (Å²) in [6, 6.07) is 7.08. The molecule has 0 bridgehead atoms. The molecule has 0 saturated carbocycles. The maximum Gasteiger partial charge on any atom is 0.490 e. The second kappa shape index (κ2) is 6.51. The average molecular weight is 320 g/mol. The second-order valence-electron chi connectivity index (χ2n) is 5.79. The van der Waals surface area contributed by atoms with Gasteiger partial charge in [-0.25, -0.2) is 4.79 Å². The summed E-state index contributed by atoms with van der Waals surface area (Å²) in [5.41, 5.74) is 0.639. The van der Waals surface area contributed by atoms with Crippen LogP contribution in [0, 0.1) is 0 Å². The Kier molecular flexibility index (Phi) is 5.44. The highest BCUT2D eigenvalue weighted by Gasteiger charge is 2.42. The third kappa shape index (κ3) is 5.07. The molecule has 1 atom stereocenters. The smallest absolute Gasteiger partial charge is 0.490 e. The van der Waals surface area contributed by atoms with E-state index in [9.17, 15) is 18.0 Å². The maximum atomic E-state index is 12.2. The number of halogens is 3. The zero-order chi connectivity index (χ0) is 16.3. The van der Waals surface area contributed by atoms with Gasteiger partial charge in [0.05, 0.1) is 21.8 Å². The van der Waals surface area contributed by atoms with Crippen molar-refractivity contribution in [3.8, 4) is 5.75 Å². The van der Waals surface area contributed by atoms with Crippen LogP contribution in [-0.4, -0.2) is 33.9 Å². The summed E-state index contributed by atoms with van der Waals surface area (Å²) >= 11 is 0. The van der Waals surface area contributed by atoms with E-state index in [1.165, 1.54) is 7.11 Å². The Morgan fingerprint density at radius 3 is 2.10 bits per heavy atom. The van der Waals surface area contributed by atoms with Gasteiger partial charge in [0.1, 0.15) is 5.75 Å². The second-order valence-corrected chi connectivity index (χ2v) is 11.2. The van der Waals surface area contributed by atoms with Crippen molar-refractivity contribution in [1.29, 1.82) is 0 Å². The van der Waals surface area contributed by atoms with E-state index in [1.54, 1.807) is 24.3 Å². The number of ether oxygens (including phenoxy) is 2. The predicted octanol–water partition coefficient (Wildman–Crippen LogP) is 3.76. The van der Waals surface area contributed by atoms with Crippen molar-refractivity contribution in [1.82, 2.24) is 0 Å². The molecule has 1 aromatic carbocycles. The number of carbonyl (C=O) groups excluding carboxylic acids is 1. The van der Waals surface area contributed by atoms with Gasteiger partial charge in [0.25, 0.3) is 0 Å². The van der Waals surface area contributed by atoms with Crippen molar-refractivity contribution >= 4 is 14.0 Å². The van der Waals surface area contributed by atoms with Crippen LogP contribution in [0.15, 0.2) is 24.3 Å². The summed E-state index contributed by atoms with van der Waals surface area (Å²) < 4.78 is 46.2. The highest BCUT2D eigenvalue weighted by atomic mass is 28.3. The third-order valence-corrected chi connectivity index (χ3v) is 5.77. The number of hydrogen-bond acceptors (Lipinski definition) is 3. The van der Waals surface area contributed by atoms with Gasteiger partial charge in [-0.1, -0.05) is 31.8 Å². The summed E-state index contributed by atoms with van der Waals surface area (Å²) in [7, 11) is -0.329. The van der Waals surface area contributed by atoms with Gasteiger partial charge in [-0.2, -0.15) is 13.2 Å². The summed E-state index contributed by atoms with van der Waals surface area (Å²) in [6.07, 6.45) is -4.95. The fraction of sp³-hybridized carbons (Fsp3) is 0.500. The van der Waals surface area contributed by atoms with Crippen molar-refractivity contribution in [3.05, 3.63) is 29.8 Å². The largest absolute Gasteiger partial charge is 0.497 e. The number of benzene rings is 1. The van der Waals surface area contributed by atoms with Crippen LogP contribution in [0.5, 0.6) is 5.75 Å². The van der Waals surface area contributed by atoms with Gasteiger partial charge in [0.15, 0.2) is 0 Å². The third-order valence-electron chi connectivity index (χ3n) is 3.18. The maximum absolute atomic E-state index is 12.2. The lowest BCUT2D eigenvalue weighted by atomic mass is 10.1. The normalized spacial score (nSPS) is 13.7. The SMILES string of the molecule is COc1ccc(C(COC(=O)C(F)(F)F)[Si](C)(C)C)cc1. The van der Waals surface area contributed by atoms with Gasteiger partial charge in [0, 0.05) is 5.54 Å². The minimum Gasteiger partial charge on any atom is -0.497 e.